The topological polar surface area (TPSA) is 46.4 Å². The van der Waals surface area contributed by atoms with E-state index in [1.54, 1.807) is 12.3 Å². The maximum atomic E-state index is 14.1. The highest BCUT2D eigenvalue weighted by Gasteiger charge is 2.41. The van der Waals surface area contributed by atoms with Gasteiger partial charge in [0.1, 0.15) is 0 Å². The van der Waals surface area contributed by atoms with E-state index in [1.807, 2.05) is 22.8 Å². The van der Waals surface area contributed by atoms with Gasteiger partial charge in [-0.3, -0.25) is 9.58 Å². The number of ether oxygens (including phenoxy) is 1. The first-order valence-corrected chi connectivity index (χ1v) is 8.83. The Morgan fingerprint density at radius 1 is 1.32 bits per heavy atom. The van der Waals surface area contributed by atoms with E-state index in [-0.39, 0.29) is 11.4 Å². The van der Waals surface area contributed by atoms with Crippen LogP contribution < -0.4 is 4.90 Å². The van der Waals surface area contributed by atoms with Crippen molar-refractivity contribution in [2.75, 3.05) is 37.7 Å². The average Bonchev–Trinajstić information content (AvgIpc) is 3.00. The Morgan fingerprint density at radius 3 is 3.04 bits per heavy atom. The first-order valence-electron chi connectivity index (χ1n) is 8.83. The molecule has 2 aromatic heterocycles. The quantitative estimate of drug-likeness (QED) is 0.849. The third kappa shape index (κ3) is 3.52. The van der Waals surface area contributed by atoms with Gasteiger partial charge >= 0.3 is 0 Å². The summed E-state index contributed by atoms with van der Waals surface area (Å²) >= 11 is 0. The molecule has 2 aliphatic rings. The minimum absolute atomic E-state index is 0.247. The summed E-state index contributed by atoms with van der Waals surface area (Å²) in [5.74, 6) is 0.178. The van der Waals surface area contributed by atoms with Gasteiger partial charge in [0.05, 0.1) is 18.4 Å². The second kappa shape index (κ2) is 6.72. The Labute approximate surface area is 147 Å². The van der Waals surface area contributed by atoms with E-state index in [1.165, 1.54) is 11.6 Å². The lowest BCUT2D eigenvalue weighted by atomic mass is 9.90. The maximum absolute atomic E-state index is 14.1. The summed E-state index contributed by atoms with van der Waals surface area (Å²) in [5.41, 5.74) is 0.964. The van der Waals surface area contributed by atoms with Gasteiger partial charge in [-0.25, -0.2) is 9.37 Å². The fourth-order valence-corrected chi connectivity index (χ4v) is 4.01. The molecular weight excluding hydrogens is 321 g/mol. The molecule has 2 fully saturated rings. The summed E-state index contributed by atoms with van der Waals surface area (Å²) in [6.45, 7) is 4.85. The molecule has 0 radical (unpaired) electrons. The van der Waals surface area contributed by atoms with Crippen molar-refractivity contribution < 1.29 is 9.13 Å². The lowest BCUT2D eigenvalue weighted by molar-refractivity contribution is -0.116. The van der Waals surface area contributed by atoms with Crippen LogP contribution in [0.2, 0.25) is 0 Å². The number of morpholine rings is 1. The van der Waals surface area contributed by atoms with Gasteiger partial charge in [-0.1, -0.05) is 0 Å². The zero-order valence-corrected chi connectivity index (χ0v) is 14.6. The van der Waals surface area contributed by atoms with Crippen LogP contribution in [0.1, 0.15) is 18.4 Å². The second-order valence-corrected chi connectivity index (χ2v) is 7.10. The van der Waals surface area contributed by atoms with E-state index in [2.05, 4.69) is 21.2 Å². The summed E-state index contributed by atoms with van der Waals surface area (Å²) in [4.78, 5) is 8.69. The summed E-state index contributed by atoms with van der Waals surface area (Å²) < 4.78 is 22.2. The molecular formula is C18H24FN5O. The molecule has 0 N–H and O–H groups in total. The number of nitrogens with zero attached hydrogens (tertiary/aromatic N) is 5. The number of hydrogen-bond acceptors (Lipinski definition) is 5. The van der Waals surface area contributed by atoms with Gasteiger partial charge in [-0.2, -0.15) is 5.10 Å². The zero-order valence-electron chi connectivity index (χ0n) is 14.6. The second-order valence-electron chi connectivity index (χ2n) is 7.10. The van der Waals surface area contributed by atoms with Gasteiger partial charge in [-0.05, 0) is 25.0 Å². The molecule has 0 aliphatic carbocycles. The van der Waals surface area contributed by atoms with Crippen LogP contribution in [-0.4, -0.2) is 58.1 Å². The van der Waals surface area contributed by atoms with E-state index in [4.69, 9.17) is 4.74 Å². The predicted octanol–water partition coefficient (Wildman–Crippen LogP) is 1.83. The molecule has 0 unspecified atom stereocenters. The summed E-state index contributed by atoms with van der Waals surface area (Å²) in [5, 5.41) is 4.25. The molecule has 2 saturated heterocycles. The van der Waals surface area contributed by atoms with Crippen LogP contribution in [-0.2, 0) is 18.3 Å². The van der Waals surface area contributed by atoms with Crippen LogP contribution in [0.3, 0.4) is 0 Å². The van der Waals surface area contributed by atoms with E-state index >= 15 is 0 Å². The Balaban J connectivity index is 1.47. The normalized spacial score (nSPS) is 24.8. The van der Waals surface area contributed by atoms with E-state index < -0.39 is 0 Å². The molecule has 0 bridgehead atoms. The number of anilines is 1. The minimum Gasteiger partial charge on any atom is -0.370 e. The van der Waals surface area contributed by atoms with E-state index in [9.17, 15) is 4.39 Å². The molecule has 25 heavy (non-hydrogen) atoms. The molecule has 6 nitrogen and oxygen atoms in total. The molecule has 2 aliphatic heterocycles. The Morgan fingerprint density at radius 2 is 2.24 bits per heavy atom. The number of rotatable bonds is 3. The van der Waals surface area contributed by atoms with Crippen molar-refractivity contribution in [1.82, 2.24) is 19.7 Å². The predicted molar refractivity (Wildman–Crippen MR) is 92.8 cm³/mol. The van der Waals surface area contributed by atoms with E-state index in [0.29, 0.717) is 19.0 Å². The van der Waals surface area contributed by atoms with Crippen molar-refractivity contribution in [3.63, 3.8) is 0 Å². The standard InChI is InChI=1S/C18H24FN5O/c1-22-11-15(10-21-22)12-23-8-9-25-18(13-23)5-3-7-24(14-18)17-16(19)4-2-6-20-17/h2,4,6,10-11H,3,5,7-9,12-14H2,1H3/t18-/m1/s1. The van der Waals surface area contributed by atoms with Gasteiger partial charge in [0.15, 0.2) is 11.6 Å². The van der Waals surface area contributed by atoms with Crippen LogP contribution in [0.5, 0.6) is 0 Å². The number of hydrogen-bond donors (Lipinski definition) is 0. The number of halogens is 1. The van der Waals surface area contributed by atoms with Crippen molar-refractivity contribution in [2.45, 2.75) is 25.0 Å². The lowest BCUT2D eigenvalue weighted by Crippen LogP contribution is -2.59. The minimum atomic E-state index is -0.262. The highest BCUT2D eigenvalue weighted by molar-refractivity contribution is 5.41. The fourth-order valence-electron chi connectivity index (χ4n) is 4.01. The van der Waals surface area contributed by atoms with E-state index in [0.717, 1.165) is 39.0 Å². The van der Waals surface area contributed by atoms with Gasteiger partial charge < -0.3 is 9.64 Å². The summed E-state index contributed by atoms with van der Waals surface area (Å²) in [6, 6.07) is 3.10. The Bertz CT molecular complexity index is 732. The molecule has 134 valence electrons. The Kier molecular flexibility index (Phi) is 4.43. The molecule has 4 rings (SSSR count). The van der Waals surface area contributed by atoms with Crippen LogP contribution in [0.25, 0.3) is 0 Å². The molecule has 0 saturated carbocycles. The van der Waals surface area contributed by atoms with Crippen molar-refractivity contribution in [3.8, 4) is 0 Å². The van der Waals surface area contributed by atoms with Gasteiger partial charge in [-0.15, -0.1) is 0 Å². The molecule has 1 spiro atoms. The highest BCUT2D eigenvalue weighted by atomic mass is 19.1. The zero-order chi connectivity index (χ0) is 17.3. The lowest BCUT2D eigenvalue weighted by Gasteiger charge is -2.48. The molecule has 1 atom stereocenters. The monoisotopic (exact) mass is 345 g/mol. The molecule has 7 heteroatoms. The van der Waals surface area contributed by atoms with Crippen molar-refractivity contribution >= 4 is 5.82 Å². The number of pyridine rings is 1. The van der Waals surface area contributed by atoms with Crippen LogP contribution in [0, 0.1) is 5.82 Å². The van der Waals surface area contributed by atoms with Crippen LogP contribution >= 0.6 is 0 Å². The first-order chi connectivity index (χ1) is 12.1. The SMILES string of the molecule is Cn1cc(CN2CCO[C@]3(CCCN(c4ncccc4F)C3)C2)cn1. The third-order valence-electron chi connectivity index (χ3n) is 5.07. The van der Waals surface area contributed by atoms with Gasteiger partial charge in [0, 0.05) is 57.7 Å². The Hall–Kier alpha value is -1.99. The van der Waals surface area contributed by atoms with Crippen LogP contribution in [0.15, 0.2) is 30.7 Å². The largest absolute Gasteiger partial charge is 0.370 e. The third-order valence-corrected chi connectivity index (χ3v) is 5.07. The highest BCUT2D eigenvalue weighted by Crippen LogP contribution is 2.32. The molecule has 2 aromatic rings. The fraction of sp³-hybridized carbons (Fsp3) is 0.556. The molecule has 4 heterocycles. The average molecular weight is 345 g/mol. The smallest absolute Gasteiger partial charge is 0.165 e. The van der Waals surface area contributed by atoms with Crippen molar-refractivity contribution in [1.29, 1.82) is 0 Å². The van der Waals surface area contributed by atoms with Gasteiger partial charge in [0.2, 0.25) is 0 Å². The summed E-state index contributed by atoms with van der Waals surface area (Å²) in [6.07, 6.45) is 7.60. The van der Waals surface area contributed by atoms with Crippen LogP contribution in [0.4, 0.5) is 10.2 Å². The maximum Gasteiger partial charge on any atom is 0.165 e. The number of aromatic nitrogens is 3. The molecule has 0 amide bonds. The first kappa shape index (κ1) is 16.5. The summed E-state index contributed by atoms with van der Waals surface area (Å²) in [7, 11) is 1.94. The van der Waals surface area contributed by atoms with Gasteiger partial charge in [0.25, 0.3) is 0 Å². The van der Waals surface area contributed by atoms with Crippen molar-refractivity contribution in [2.24, 2.45) is 7.05 Å². The molecule has 0 aromatic carbocycles. The van der Waals surface area contributed by atoms with Crippen molar-refractivity contribution in [3.05, 3.63) is 42.1 Å². The number of piperidine rings is 1. The number of aryl methyl sites for hydroxylation is 1.